The molecule has 0 aliphatic heterocycles. The van der Waals surface area contributed by atoms with Crippen LogP contribution >= 0.6 is 15.9 Å². The highest BCUT2D eigenvalue weighted by atomic mass is 79.9. The second-order valence-electron chi connectivity index (χ2n) is 3.41. The molecule has 3 nitrogen and oxygen atoms in total. The summed E-state index contributed by atoms with van der Waals surface area (Å²) in [7, 11) is 0. The molecule has 1 aromatic carbocycles. The number of hydrogen-bond acceptors (Lipinski definition) is 2. The van der Waals surface area contributed by atoms with Gasteiger partial charge in [-0.05, 0) is 18.6 Å². The Balaban J connectivity index is 2.40. The third kappa shape index (κ3) is 4.16. The predicted molar refractivity (Wildman–Crippen MR) is 67.2 cm³/mol. The Hall–Kier alpha value is -1.13. The van der Waals surface area contributed by atoms with Crippen molar-refractivity contribution in [3.63, 3.8) is 0 Å². The summed E-state index contributed by atoms with van der Waals surface area (Å²) in [6.45, 7) is 2.85. The quantitative estimate of drug-likeness (QED) is 0.645. The SMILES string of the molecule is C/C(=C/CNCc1ccccc1Br)C(=O)O. The molecule has 0 unspecified atom stereocenters. The molecule has 86 valence electrons. The lowest BCUT2D eigenvalue weighted by Crippen LogP contribution is -2.14. The number of nitrogens with one attached hydrogen (secondary N) is 1. The van der Waals surface area contributed by atoms with Gasteiger partial charge in [-0.25, -0.2) is 4.79 Å². The number of halogens is 1. The van der Waals surface area contributed by atoms with Crippen LogP contribution in [0.4, 0.5) is 0 Å². The zero-order valence-electron chi connectivity index (χ0n) is 9.03. The molecule has 16 heavy (non-hydrogen) atoms. The van der Waals surface area contributed by atoms with Gasteiger partial charge >= 0.3 is 5.97 Å². The van der Waals surface area contributed by atoms with Gasteiger partial charge in [-0.15, -0.1) is 0 Å². The first-order valence-corrected chi connectivity index (χ1v) is 5.74. The molecule has 0 heterocycles. The largest absolute Gasteiger partial charge is 0.478 e. The highest BCUT2D eigenvalue weighted by Gasteiger charge is 1.99. The number of carboxylic acids is 1. The molecule has 0 saturated heterocycles. The first-order valence-electron chi connectivity index (χ1n) is 4.95. The van der Waals surface area contributed by atoms with Gasteiger partial charge in [-0.3, -0.25) is 0 Å². The molecule has 0 fully saturated rings. The van der Waals surface area contributed by atoms with Crippen LogP contribution in [0, 0.1) is 0 Å². The summed E-state index contributed by atoms with van der Waals surface area (Å²) in [6.07, 6.45) is 1.67. The predicted octanol–water partition coefficient (Wildman–Crippen LogP) is 2.57. The Labute approximate surface area is 103 Å². The van der Waals surface area contributed by atoms with Crippen molar-refractivity contribution in [2.75, 3.05) is 6.54 Å². The van der Waals surface area contributed by atoms with Gasteiger partial charge in [-0.1, -0.05) is 40.2 Å². The third-order valence-corrected chi connectivity index (χ3v) is 2.94. The molecule has 0 spiro atoms. The van der Waals surface area contributed by atoms with E-state index in [4.69, 9.17) is 5.11 Å². The fraction of sp³-hybridized carbons (Fsp3) is 0.250. The lowest BCUT2D eigenvalue weighted by molar-refractivity contribution is -0.132. The summed E-state index contributed by atoms with van der Waals surface area (Å²) in [5.41, 5.74) is 1.52. The molecule has 0 aliphatic rings. The zero-order chi connectivity index (χ0) is 12.0. The standard InChI is InChI=1S/C12H14BrNO2/c1-9(12(15)16)6-7-14-8-10-4-2-3-5-11(10)13/h2-6,14H,7-8H2,1H3,(H,15,16)/b9-6-. The molecule has 2 N–H and O–H groups in total. The van der Waals surface area contributed by atoms with Crippen molar-refractivity contribution >= 4 is 21.9 Å². The topological polar surface area (TPSA) is 49.3 Å². The average Bonchev–Trinajstić information content (AvgIpc) is 2.26. The van der Waals surface area contributed by atoms with Gasteiger partial charge in [-0.2, -0.15) is 0 Å². The van der Waals surface area contributed by atoms with Gasteiger partial charge in [0.15, 0.2) is 0 Å². The molecule has 0 bridgehead atoms. The van der Waals surface area contributed by atoms with Gasteiger partial charge in [0, 0.05) is 23.1 Å². The van der Waals surface area contributed by atoms with Crippen LogP contribution in [-0.4, -0.2) is 17.6 Å². The second-order valence-corrected chi connectivity index (χ2v) is 4.27. The van der Waals surface area contributed by atoms with Gasteiger partial charge in [0.1, 0.15) is 0 Å². The zero-order valence-corrected chi connectivity index (χ0v) is 10.6. The second kappa shape index (κ2) is 6.45. The Morgan fingerprint density at radius 3 is 2.81 bits per heavy atom. The maximum Gasteiger partial charge on any atom is 0.330 e. The first kappa shape index (κ1) is 12.9. The molecule has 0 aromatic heterocycles. The van der Waals surface area contributed by atoms with Gasteiger partial charge in [0.05, 0.1) is 0 Å². The first-order chi connectivity index (χ1) is 7.61. The third-order valence-electron chi connectivity index (χ3n) is 2.16. The van der Waals surface area contributed by atoms with E-state index in [-0.39, 0.29) is 0 Å². The monoisotopic (exact) mass is 283 g/mol. The van der Waals surface area contributed by atoms with Crippen LogP contribution in [0.3, 0.4) is 0 Å². The van der Waals surface area contributed by atoms with Crippen LogP contribution in [0.15, 0.2) is 40.4 Å². The minimum absolute atomic E-state index is 0.361. The fourth-order valence-electron chi connectivity index (χ4n) is 1.16. The summed E-state index contributed by atoms with van der Waals surface area (Å²) in [5.74, 6) is -0.873. The van der Waals surface area contributed by atoms with Crippen molar-refractivity contribution in [3.05, 3.63) is 46.0 Å². The summed E-state index contributed by atoms with van der Waals surface area (Å²) in [4.78, 5) is 10.5. The van der Waals surface area contributed by atoms with E-state index < -0.39 is 5.97 Å². The normalized spacial score (nSPS) is 11.5. The van der Waals surface area contributed by atoms with Crippen LogP contribution in [0.1, 0.15) is 12.5 Å². The molecule has 0 aliphatic carbocycles. The van der Waals surface area contributed by atoms with E-state index in [1.54, 1.807) is 13.0 Å². The highest BCUT2D eigenvalue weighted by molar-refractivity contribution is 9.10. The number of rotatable bonds is 5. The number of aliphatic carboxylic acids is 1. The molecular weight excluding hydrogens is 270 g/mol. The van der Waals surface area contributed by atoms with Gasteiger partial charge in [0.25, 0.3) is 0 Å². The summed E-state index contributed by atoms with van der Waals surface area (Å²) < 4.78 is 1.06. The molecule has 0 radical (unpaired) electrons. The van der Waals surface area contributed by atoms with Crippen LogP contribution in [-0.2, 0) is 11.3 Å². The van der Waals surface area contributed by atoms with Crippen molar-refractivity contribution in [1.29, 1.82) is 0 Å². The number of carbonyl (C=O) groups is 1. The lowest BCUT2D eigenvalue weighted by atomic mass is 10.2. The Bertz CT molecular complexity index is 402. The van der Waals surface area contributed by atoms with Gasteiger partial charge in [0.2, 0.25) is 0 Å². The summed E-state index contributed by atoms with van der Waals surface area (Å²) in [5, 5.41) is 11.8. The van der Waals surface area contributed by atoms with Crippen molar-refractivity contribution in [2.24, 2.45) is 0 Å². The van der Waals surface area contributed by atoms with E-state index in [1.807, 2.05) is 24.3 Å². The minimum atomic E-state index is -0.873. The Morgan fingerprint density at radius 2 is 2.19 bits per heavy atom. The van der Waals surface area contributed by atoms with E-state index in [0.717, 1.165) is 10.0 Å². The van der Waals surface area contributed by atoms with Crippen molar-refractivity contribution in [2.45, 2.75) is 13.5 Å². The van der Waals surface area contributed by atoms with Crippen LogP contribution in [0.2, 0.25) is 0 Å². The smallest absolute Gasteiger partial charge is 0.330 e. The molecule has 0 saturated carbocycles. The molecule has 1 aromatic rings. The Kier molecular flexibility index (Phi) is 5.22. The maximum atomic E-state index is 10.5. The van der Waals surface area contributed by atoms with Crippen LogP contribution in [0.5, 0.6) is 0 Å². The molecule has 0 atom stereocenters. The number of benzene rings is 1. The van der Waals surface area contributed by atoms with Gasteiger partial charge < -0.3 is 10.4 Å². The minimum Gasteiger partial charge on any atom is -0.478 e. The Morgan fingerprint density at radius 1 is 1.50 bits per heavy atom. The van der Waals surface area contributed by atoms with Crippen molar-refractivity contribution in [1.82, 2.24) is 5.32 Å². The molecule has 0 amide bonds. The number of hydrogen-bond donors (Lipinski definition) is 2. The molecule has 4 heteroatoms. The van der Waals surface area contributed by atoms with E-state index in [0.29, 0.717) is 18.7 Å². The number of carboxylic acid groups (broad SMARTS) is 1. The lowest BCUT2D eigenvalue weighted by Gasteiger charge is -2.04. The van der Waals surface area contributed by atoms with Crippen molar-refractivity contribution < 1.29 is 9.90 Å². The fourth-order valence-corrected chi connectivity index (χ4v) is 1.59. The van der Waals surface area contributed by atoms with E-state index in [1.165, 1.54) is 0 Å². The van der Waals surface area contributed by atoms with E-state index in [2.05, 4.69) is 21.2 Å². The van der Waals surface area contributed by atoms with Crippen molar-refractivity contribution in [3.8, 4) is 0 Å². The molecule has 1 rings (SSSR count). The van der Waals surface area contributed by atoms with Crippen LogP contribution < -0.4 is 5.32 Å². The average molecular weight is 284 g/mol. The maximum absolute atomic E-state index is 10.5. The van der Waals surface area contributed by atoms with E-state index >= 15 is 0 Å². The van der Waals surface area contributed by atoms with Crippen LogP contribution in [0.25, 0.3) is 0 Å². The van der Waals surface area contributed by atoms with E-state index in [9.17, 15) is 4.79 Å². The summed E-state index contributed by atoms with van der Waals surface area (Å²) in [6, 6.07) is 7.93. The molecular formula is C12H14BrNO2. The highest BCUT2D eigenvalue weighted by Crippen LogP contribution is 2.15. The summed E-state index contributed by atoms with van der Waals surface area (Å²) >= 11 is 3.45.